The van der Waals surface area contributed by atoms with Crippen molar-refractivity contribution in [2.24, 2.45) is 0 Å². The molecule has 0 saturated carbocycles. The van der Waals surface area contributed by atoms with Crippen molar-refractivity contribution in [3.05, 3.63) is 65.3 Å². The standard InChI is InChI=1S/C23H27FN4O2/c1-16-4-7-19(8-5-16)23-26-25-22(30-23)17(2)28-12-10-27(11-13-28)15-18-6-9-21(29-3)20(24)14-18/h4-9,14,17H,10-13,15H2,1-3H3/t17-/m1/s1. The lowest BCUT2D eigenvalue weighted by Crippen LogP contribution is -2.46. The summed E-state index contributed by atoms with van der Waals surface area (Å²) < 4.78 is 24.9. The maximum absolute atomic E-state index is 13.9. The van der Waals surface area contributed by atoms with Crippen LogP contribution in [0.25, 0.3) is 11.5 Å². The molecule has 158 valence electrons. The zero-order valence-corrected chi connectivity index (χ0v) is 17.6. The highest BCUT2D eigenvalue weighted by Gasteiger charge is 2.26. The molecule has 3 aromatic rings. The average Bonchev–Trinajstić information content (AvgIpc) is 3.25. The fourth-order valence-corrected chi connectivity index (χ4v) is 3.75. The van der Waals surface area contributed by atoms with Gasteiger partial charge in [-0.1, -0.05) is 23.8 Å². The van der Waals surface area contributed by atoms with Crippen LogP contribution in [0, 0.1) is 12.7 Å². The van der Waals surface area contributed by atoms with Gasteiger partial charge in [0.25, 0.3) is 0 Å². The summed E-state index contributed by atoms with van der Waals surface area (Å²) in [6.45, 7) is 8.45. The van der Waals surface area contributed by atoms with Crippen molar-refractivity contribution in [2.75, 3.05) is 33.3 Å². The topological polar surface area (TPSA) is 54.6 Å². The maximum Gasteiger partial charge on any atom is 0.247 e. The fourth-order valence-electron chi connectivity index (χ4n) is 3.75. The lowest BCUT2D eigenvalue weighted by Gasteiger charge is -2.36. The zero-order valence-electron chi connectivity index (χ0n) is 17.6. The number of ether oxygens (including phenoxy) is 1. The van der Waals surface area contributed by atoms with E-state index in [1.807, 2.05) is 30.3 Å². The van der Waals surface area contributed by atoms with Crippen LogP contribution in [-0.2, 0) is 6.54 Å². The summed E-state index contributed by atoms with van der Waals surface area (Å²) in [6.07, 6.45) is 0. The van der Waals surface area contributed by atoms with Crippen LogP contribution in [0.1, 0.15) is 30.0 Å². The number of halogens is 1. The second-order valence-corrected chi connectivity index (χ2v) is 7.77. The van der Waals surface area contributed by atoms with E-state index in [1.165, 1.54) is 12.7 Å². The van der Waals surface area contributed by atoms with Crippen molar-refractivity contribution in [3.8, 4) is 17.2 Å². The minimum absolute atomic E-state index is 0.0530. The minimum atomic E-state index is -0.317. The Morgan fingerprint density at radius 3 is 2.47 bits per heavy atom. The molecule has 0 radical (unpaired) electrons. The fraction of sp³-hybridized carbons (Fsp3) is 0.391. The summed E-state index contributed by atoms with van der Waals surface area (Å²) in [5, 5.41) is 8.50. The monoisotopic (exact) mass is 410 g/mol. The van der Waals surface area contributed by atoms with Crippen LogP contribution in [0.4, 0.5) is 4.39 Å². The van der Waals surface area contributed by atoms with E-state index in [9.17, 15) is 4.39 Å². The smallest absolute Gasteiger partial charge is 0.247 e. The number of benzene rings is 2. The Bertz CT molecular complexity index is 981. The van der Waals surface area contributed by atoms with E-state index in [4.69, 9.17) is 9.15 Å². The van der Waals surface area contributed by atoms with Crippen LogP contribution >= 0.6 is 0 Å². The van der Waals surface area contributed by atoms with E-state index in [0.717, 1.165) is 43.9 Å². The van der Waals surface area contributed by atoms with E-state index in [0.29, 0.717) is 11.8 Å². The maximum atomic E-state index is 13.9. The number of nitrogens with zero attached hydrogens (tertiary/aromatic N) is 4. The van der Waals surface area contributed by atoms with Crippen LogP contribution in [-0.4, -0.2) is 53.3 Å². The summed E-state index contributed by atoms with van der Waals surface area (Å²) in [6, 6.07) is 13.3. The molecule has 7 heteroatoms. The molecule has 1 aliphatic heterocycles. The first kappa shape index (κ1) is 20.5. The van der Waals surface area contributed by atoms with Crippen LogP contribution < -0.4 is 4.74 Å². The third kappa shape index (κ3) is 4.52. The molecule has 1 atom stereocenters. The molecule has 0 N–H and O–H groups in total. The largest absolute Gasteiger partial charge is 0.494 e. The van der Waals surface area contributed by atoms with Crippen molar-refractivity contribution in [1.82, 2.24) is 20.0 Å². The number of hydrogen-bond donors (Lipinski definition) is 0. The summed E-state index contributed by atoms with van der Waals surface area (Å²) in [4.78, 5) is 4.67. The second-order valence-electron chi connectivity index (χ2n) is 7.77. The molecule has 1 saturated heterocycles. The molecule has 2 heterocycles. The normalized spacial score (nSPS) is 16.5. The molecule has 2 aromatic carbocycles. The Morgan fingerprint density at radius 1 is 1.07 bits per heavy atom. The molecule has 6 nitrogen and oxygen atoms in total. The molecular weight excluding hydrogens is 383 g/mol. The third-order valence-electron chi connectivity index (χ3n) is 5.67. The van der Waals surface area contributed by atoms with Crippen LogP contribution in [0.3, 0.4) is 0 Å². The highest BCUT2D eigenvalue weighted by Crippen LogP contribution is 2.25. The van der Waals surface area contributed by atoms with Gasteiger partial charge in [0.2, 0.25) is 11.8 Å². The number of rotatable bonds is 6. The third-order valence-corrected chi connectivity index (χ3v) is 5.67. The molecule has 0 unspecified atom stereocenters. The summed E-state index contributed by atoms with van der Waals surface area (Å²) in [5.41, 5.74) is 3.08. The van der Waals surface area contributed by atoms with Gasteiger partial charge in [0, 0.05) is 38.3 Å². The quantitative estimate of drug-likeness (QED) is 0.611. The summed E-state index contributed by atoms with van der Waals surface area (Å²) in [5.74, 6) is 1.15. The van der Waals surface area contributed by atoms with E-state index < -0.39 is 0 Å². The lowest BCUT2D eigenvalue weighted by molar-refractivity contribution is 0.0875. The number of hydrogen-bond acceptors (Lipinski definition) is 6. The van der Waals surface area contributed by atoms with Gasteiger partial charge in [0.05, 0.1) is 13.2 Å². The van der Waals surface area contributed by atoms with Crippen LogP contribution in [0.2, 0.25) is 0 Å². The van der Waals surface area contributed by atoms with Gasteiger partial charge in [-0.05, 0) is 43.7 Å². The van der Waals surface area contributed by atoms with Crippen molar-refractivity contribution in [2.45, 2.75) is 26.4 Å². The van der Waals surface area contributed by atoms with Gasteiger partial charge in [0.1, 0.15) is 0 Å². The number of piperazine rings is 1. The lowest BCUT2D eigenvalue weighted by atomic mass is 10.1. The first-order chi connectivity index (χ1) is 14.5. The van der Waals surface area contributed by atoms with Gasteiger partial charge in [-0.25, -0.2) is 4.39 Å². The van der Waals surface area contributed by atoms with Gasteiger partial charge < -0.3 is 9.15 Å². The van der Waals surface area contributed by atoms with E-state index >= 15 is 0 Å². The van der Waals surface area contributed by atoms with Gasteiger partial charge in [0.15, 0.2) is 11.6 Å². The molecule has 0 bridgehead atoms. The van der Waals surface area contributed by atoms with Crippen molar-refractivity contribution < 1.29 is 13.5 Å². The number of aryl methyl sites for hydroxylation is 1. The van der Waals surface area contributed by atoms with Crippen molar-refractivity contribution >= 4 is 0 Å². The first-order valence-electron chi connectivity index (χ1n) is 10.2. The van der Waals surface area contributed by atoms with E-state index in [1.54, 1.807) is 12.1 Å². The Hall–Kier alpha value is -2.77. The average molecular weight is 410 g/mol. The number of methoxy groups -OCH3 is 1. The number of aromatic nitrogens is 2. The van der Waals surface area contributed by atoms with Gasteiger partial charge >= 0.3 is 0 Å². The first-order valence-corrected chi connectivity index (χ1v) is 10.2. The van der Waals surface area contributed by atoms with Gasteiger partial charge in [-0.2, -0.15) is 0 Å². The van der Waals surface area contributed by atoms with E-state index in [2.05, 4.69) is 33.8 Å². The molecule has 1 aromatic heterocycles. The highest BCUT2D eigenvalue weighted by molar-refractivity contribution is 5.52. The predicted octanol–water partition coefficient (Wildman–Crippen LogP) is 4.07. The zero-order chi connectivity index (χ0) is 21.1. The molecule has 30 heavy (non-hydrogen) atoms. The Balaban J connectivity index is 1.34. The molecule has 0 amide bonds. The second kappa shape index (κ2) is 8.93. The van der Waals surface area contributed by atoms with Gasteiger partial charge in [-0.3, -0.25) is 9.80 Å². The van der Waals surface area contributed by atoms with Crippen molar-refractivity contribution in [3.63, 3.8) is 0 Å². The molecular formula is C23H27FN4O2. The predicted molar refractivity (Wildman–Crippen MR) is 113 cm³/mol. The van der Waals surface area contributed by atoms with Crippen molar-refractivity contribution in [1.29, 1.82) is 0 Å². The van der Waals surface area contributed by atoms with E-state index in [-0.39, 0.29) is 17.6 Å². The molecule has 1 fully saturated rings. The Morgan fingerprint density at radius 2 is 1.80 bits per heavy atom. The van der Waals surface area contributed by atoms with Crippen LogP contribution in [0.15, 0.2) is 46.9 Å². The summed E-state index contributed by atoms with van der Waals surface area (Å²) in [7, 11) is 1.48. The molecule has 0 spiro atoms. The molecule has 4 rings (SSSR count). The van der Waals surface area contributed by atoms with Gasteiger partial charge in [-0.15, -0.1) is 10.2 Å². The Kier molecular flexibility index (Phi) is 6.11. The van der Waals surface area contributed by atoms with Crippen LogP contribution in [0.5, 0.6) is 5.75 Å². The Labute approximate surface area is 176 Å². The minimum Gasteiger partial charge on any atom is -0.494 e. The highest BCUT2D eigenvalue weighted by atomic mass is 19.1. The summed E-state index contributed by atoms with van der Waals surface area (Å²) >= 11 is 0. The molecule has 0 aliphatic carbocycles. The molecule has 1 aliphatic rings. The SMILES string of the molecule is COc1ccc(CN2CCN([C@H](C)c3nnc(-c4ccc(C)cc4)o3)CC2)cc1F.